The predicted octanol–water partition coefficient (Wildman–Crippen LogP) is 1.71. The normalized spacial score (nSPS) is 19.7. The van der Waals surface area contributed by atoms with Gasteiger partial charge in [-0.15, -0.1) is 12.6 Å². The van der Waals surface area contributed by atoms with Gasteiger partial charge < -0.3 is 0 Å². The van der Waals surface area contributed by atoms with Crippen molar-refractivity contribution in [2.75, 3.05) is 5.75 Å². The van der Waals surface area contributed by atoms with Crippen LogP contribution in [0, 0.1) is 0 Å². The molecule has 1 atom stereocenters. The molecule has 0 amide bonds. The maximum atomic E-state index is 10.8. The second-order valence-corrected chi connectivity index (χ2v) is 7.12. The summed E-state index contributed by atoms with van der Waals surface area (Å²) in [5.41, 5.74) is 2.88. The molecule has 1 aliphatic heterocycles. The number of aliphatic imine (C=N–C) groups is 1. The predicted molar refractivity (Wildman–Crippen MR) is 81.9 cm³/mol. The number of hydrogen-bond acceptors (Lipinski definition) is 6. The summed E-state index contributed by atoms with van der Waals surface area (Å²) in [4.78, 5) is 4.53. The van der Waals surface area contributed by atoms with Crippen molar-refractivity contribution in [3.63, 3.8) is 0 Å². The lowest BCUT2D eigenvalue weighted by Crippen LogP contribution is -2.28. The minimum Gasteiger partial charge on any atom is -0.286 e. The molecular weight excluding hydrogens is 330 g/mol. The standard InChI is InChI=1S/C13H17NO3S.O3S/c1-10-13(2,8-5-9-18(15,16)17)11-6-3-4-7-12(11)14-10;1-4(2)3/h3-4,6-7H,5,8-9H2,1-2H3,(H,15,16,17);. The van der Waals surface area contributed by atoms with E-state index in [0.29, 0.717) is 12.8 Å². The van der Waals surface area contributed by atoms with Crippen molar-refractivity contribution in [1.29, 1.82) is 0 Å². The highest BCUT2D eigenvalue weighted by molar-refractivity contribution is 7.85. The Hall–Kier alpha value is -1.58. The zero-order chi connectivity index (χ0) is 17.0. The molecule has 1 aromatic rings. The van der Waals surface area contributed by atoms with Crippen molar-refractivity contribution in [3.8, 4) is 0 Å². The first-order chi connectivity index (χ1) is 10.1. The van der Waals surface area contributed by atoms with E-state index < -0.39 is 20.7 Å². The third-order valence-corrected chi connectivity index (χ3v) is 4.47. The molecule has 0 bridgehead atoms. The van der Waals surface area contributed by atoms with Crippen molar-refractivity contribution in [2.24, 2.45) is 4.99 Å². The van der Waals surface area contributed by atoms with E-state index in [2.05, 4.69) is 11.9 Å². The monoisotopic (exact) mass is 347 g/mol. The number of nitrogens with zero attached hydrogens (tertiary/aromatic N) is 1. The molecule has 1 unspecified atom stereocenters. The molecule has 1 heterocycles. The molecule has 1 N–H and O–H groups in total. The lowest BCUT2D eigenvalue weighted by atomic mass is 9.76. The summed E-state index contributed by atoms with van der Waals surface area (Å²) in [6, 6.07) is 7.91. The second-order valence-electron chi connectivity index (χ2n) is 5.14. The molecule has 0 aliphatic carbocycles. The van der Waals surface area contributed by atoms with Crippen LogP contribution in [-0.2, 0) is 26.1 Å². The van der Waals surface area contributed by atoms with Gasteiger partial charge in [0.15, 0.2) is 0 Å². The van der Waals surface area contributed by atoms with Crippen molar-refractivity contribution in [1.82, 2.24) is 0 Å². The number of fused-ring (bicyclic) bond motifs is 1. The molecule has 0 saturated carbocycles. The van der Waals surface area contributed by atoms with Crippen molar-refractivity contribution in [2.45, 2.75) is 32.1 Å². The summed E-state index contributed by atoms with van der Waals surface area (Å²) < 4.78 is 55.6. The highest BCUT2D eigenvalue weighted by atomic mass is 32.2. The van der Waals surface area contributed by atoms with Gasteiger partial charge in [-0.3, -0.25) is 9.55 Å². The quantitative estimate of drug-likeness (QED) is 0.828. The third kappa shape index (κ3) is 5.00. The summed E-state index contributed by atoms with van der Waals surface area (Å²) in [5, 5.41) is 0. The maximum Gasteiger partial charge on any atom is 0.425 e. The van der Waals surface area contributed by atoms with Gasteiger partial charge in [0.05, 0.1) is 11.4 Å². The molecule has 0 radical (unpaired) electrons. The van der Waals surface area contributed by atoms with Crippen LogP contribution in [0.15, 0.2) is 29.3 Å². The van der Waals surface area contributed by atoms with Crippen LogP contribution in [0.25, 0.3) is 0 Å². The first-order valence-corrected chi connectivity index (χ1v) is 9.04. The number of rotatable bonds is 4. The average Bonchev–Trinajstić information content (AvgIpc) is 2.60. The van der Waals surface area contributed by atoms with Crippen LogP contribution >= 0.6 is 0 Å². The first-order valence-electron chi connectivity index (χ1n) is 6.43. The summed E-state index contributed by atoms with van der Waals surface area (Å²) in [6.07, 6.45) is 1.09. The molecule has 0 spiro atoms. The minimum atomic E-state index is -3.88. The fraction of sp³-hybridized carbons (Fsp3) is 0.462. The Kier molecular flexibility index (Phi) is 5.98. The highest BCUT2D eigenvalue weighted by Gasteiger charge is 2.36. The van der Waals surface area contributed by atoms with Gasteiger partial charge in [0.1, 0.15) is 0 Å². The second kappa shape index (κ2) is 7.12. The zero-order valence-corrected chi connectivity index (χ0v) is 13.8. The van der Waals surface area contributed by atoms with Gasteiger partial charge in [0.25, 0.3) is 10.1 Å². The fourth-order valence-corrected chi connectivity index (χ4v) is 2.97. The SMILES string of the molecule is CC1=Nc2ccccc2C1(C)CCCS(=O)(=O)O.O=S(=O)=O. The summed E-state index contributed by atoms with van der Waals surface area (Å²) in [6.45, 7) is 4.04. The molecule has 0 fully saturated rings. The van der Waals surface area contributed by atoms with E-state index in [-0.39, 0.29) is 11.2 Å². The molecule has 1 aliphatic rings. The smallest absolute Gasteiger partial charge is 0.286 e. The Bertz CT molecular complexity index is 776. The van der Waals surface area contributed by atoms with E-state index in [1.54, 1.807) is 0 Å². The Morgan fingerprint density at radius 1 is 1.23 bits per heavy atom. The molecule has 7 nitrogen and oxygen atoms in total. The zero-order valence-electron chi connectivity index (χ0n) is 12.2. The van der Waals surface area contributed by atoms with Gasteiger partial charge in [-0.05, 0) is 31.4 Å². The average molecular weight is 347 g/mol. The Labute approximate surface area is 130 Å². The van der Waals surface area contributed by atoms with Crippen molar-refractivity contribution >= 4 is 32.1 Å². The van der Waals surface area contributed by atoms with Crippen molar-refractivity contribution < 1.29 is 25.6 Å². The summed E-state index contributed by atoms with van der Waals surface area (Å²) in [5.74, 6) is -0.196. The maximum absolute atomic E-state index is 10.8. The van der Waals surface area contributed by atoms with Gasteiger partial charge in [0.2, 0.25) is 0 Å². The Morgan fingerprint density at radius 2 is 1.77 bits per heavy atom. The summed E-state index contributed by atoms with van der Waals surface area (Å²) >= 11 is 0. The fourth-order valence-electron chi connectivity index (χ4n) is 2.46. The molecule has 9 heteroatoms. The van der Waals surface area contributed by atoms with Gasteiger partial charge in [-0.2, -0.15) is 8.42 Å². The van der Waals surface area contributed by atoms with Crippen LogP contribution in [0.4, 0.5) is 5.69 Å². The van der Waals surface area contributed by atoms with Crippen LogP contribution in [0.2, 0.25) is 0 Å². The third-order valence-electron chi connectivity index (χ3n) is 3.66. The first kappa shape index (κ1) is 18.5. The number of para-hydroxylation sites is 1. The van der Waals surface area contributed by atoms with Crippen LogP contribution in [0.1, 0.15) is 32.3 Å². The molecule has 2 rings (SSSR count). The van der Waals surface area contributed by atoms with E-state index in [0.717, 1.165) is 17.0 Å². The van der Waals surface area contributed by atoms with E-state index >= 15 is 0 Å². The molecular formula is C13H17NO6S2. The van der Waals surface area contributed by atoms with E-state index in [4.69, 9.17) is 17.2 Å². The molecule has 1 aromatic carbocycles. The Balaban J connectivity index is 0.000000541. The lowest BCUT2D eigenvalue weighted by molar-refractivity contribution is 0.475. The topological polar surface area (TPSA) is 118 Å². The van der Waals surface area contributed by atoms with Crippen LogP contribution in [0.5, 0.6) is 0 Å². The summed E-state index contributed by atoms with van der Waals surface area (Å²) in [7, 11) is -6.99. The van der Waals surface area contributed by atoms with E-state index in [1.807, 2.05) is 31.2 Å². The molecule has 0 saturated heterocycles. The number of benzene rings is 1. The van der Waals surface area contributed by atoms with Crippen molar-refractivity contribution in [3.05, 3.63) is 29.8 Å². The van der Waals surface area contributed by atoms with Crippen LogP contribution in [-0.4, -0.2) is 37.1 Å². The van der Waals surface area contributed by atoms with E-state index in [9.17, 15) is 8.42 Å². The van der Waals surface area contributed by atoms with Gasteiger partial charge in [-0.25, -0.2) is 0 Å². The molecule has 0 aromatic heterocycles. The van der Waals surface area contributed by atoms with Gasteiger partial charge in [0, 0.05) is 11.1 Å². The van der Waals surface area contributed by atoms with Gasteiger partial charge >= 0.3 is 10.6 Å². The van der Waals surface area contributed by atoms with E-state index in [1.165, 1.54) is 0 Å². The van der Waals surface area contributed by atoms with Crippen LogP contribution < -0.4 is 0 Å². The Morgan fingerprint density at radius 3 is 2.32 bits per heavy atom. The van der Waals surface area contributed by atoms with Crippen LogP contribution in [0.3, 0.4) is 0 Å². The molecule has 22 heavy (non-hydrogen) atoms. The minimum absolute atomic E-state index is 0.196. The highest BCUT2D eigenvalue weighted by Crippen LogP contribution is 2.42. The largest absolute Gasteiger partial charge is 0.425 e. The van der Waals surface area contributed by atoms with Gasteiger partial charge in [-0.1, -0.05) is 25.1 Å². The number of hydrogen-bond donors (Lipinski definition) is 1. The lowest BCUT2D eigenvalue weighted by Gasteiger charge is -2.25. The molecule has 122 valence electrons.